The van der Waals surface area contributed by atoms with E-state index in [4.69, 9.17) is 4.74 Å². The first-order valence-electron chi connectivity index (χ1n) is 5.86. The van der Waals surface area contributed by atoms with E-state index in [0.29, 0.717) is 0 Å². The number of hydrogen-bond donors (Lipinski definition) is 1. The first-order valence-corrected chi connectivity index (χ1v) is 5.86. The van der Waals surface area contributed by atoms with Crippen molar-refractivity contribution >= 4 is 0 Å². The van der Waals surface area contributed by atoms with Crippen LogP contribution in [-0.4, -0.2) is 18.3 Å². The number of hydrogen-bond acceptors (Lipinski definition) is 2. The molecule has 1 aromatic rings. The third-order valence-electron chi connectivity index (χ3n) is 2.69. The summed E-state index contributed by atoms with van der Waals surface area (Å²) in [5.41, 5.74) is 1.22. The number of unbranched alkanes of at least 4 members (excludes halogenated alkanes) is 1. The Labute approximate surface area is 98.3 Å². The van der Waals surface area contributed by atoms with Gasteiger partial charge in [-0.05, 0) is 37.0 Å². The summed E-state index contributed by atoms with van der Waals surface area (Å²) in [5.74, 6) is 0.879. The van der Waals surface area contributed by atoms with Gasteiger partial charge < -0.3 is 9.84 Å². The molecule has 89 valence electrons. The minimum Gasteiger partial charge on any atom is -0.497 e. The van der Waals surface area contributed by atoms with Gasteiger partial charge in [-0.1, -0.05) is 31.9 Å². The van der Waals surface area contributed by atoms with Gasteiger partial charge in [0.2, 0.25) is 0 Å². The van der Waals surface area contributed by atoms with E-state index in [0.717, 1.165) is 37.9 Å². The molecule has 1 radical (unpaired) electrons. The highest BCUT2D eigenvalue weighted by atomic mass is 16.5. The Morgan fingerprint density at radius 3 is 2.88 bits per heavy atom. The fraction of sp³-hybridized carbons (Fsp3) is 0.500. The first kappa shape index (κ1) is 13.0. The third kappa shape index (κ3) is 4.67. The molecule has 1 rings (SSSR count). The number of aryl methyl sites for hydroxylation is 1. The van der Waals surface area contributed by atoms with Crippen LogP contribution in [0.2, 0.25) is 0 Å². The Morgan fingerprint density at radius 2 is 2.19 bits per heavy atom. The topological polar surface area (TPSA) is 29.5 Å². The number of benzene rings is 1. The van der Waals surface area contributed by atoms with Gasteiger partial charge in [-0.3, -0.25) is 0 Å². The minimum atomic E-state index is -0.201. The SMILES string of the molecule is [CH2]CCCC(O)CCc1cccc(OC)c1. The van der Waals surface area contributed by atoms with E-state index in [1.807, 2.05) is 18.2 Å². The Balaban J connectivity index is 2.35. The monoisotopic (exact) mass is 221 g/mol. The molecule has 0 aromatic heterocycles. The lowest BCUT2D eigenvalue weighted by atomic mass is 10.0. The Kier molecular flexibility index (Phi) is 5.94. The van der Waals surface area contributed by atoms with Gasteiger partial charge >= 0.3 is 0 Å². The van der Waals surface area contributed by atoms with Crippen molar-refractivity contribution in [2.24, 2.45) is 0 Å². The van der Waals surface area contributed by atoms with Crippen molar-refractivity contribution in [1.82, 2.24) is 0 Å². The van der Waals surface area contributed by atoms with Crippen LogP contribution in [0.5, 0.6) is 5.75 Å². The summed E-state index contributed by atoms with van der Waals surface area (Å²) in [6.07, 6.45) is 4.26. The van der Waals surface area contributed by atoms with Crippen molar-refractivity contribution in [2.45, 2.75) is 38.2 Å². The summed E-state index contributed by atoms with van der Waals surface area (Å²) in [6, 6.07) is 8.00. The molecule has 0 amide bonds. The molecule has 1 N–H and O–H groups in total. The molecule has 0 fully saturated rings. The lowest BCUT2D eigenvalue weighted by molar-refractivity contribution is 0.152. The summed E-state index contributed by atoms with van der Waals surface area (Å²) < 4.78 is 5.16. The standard InChI is InChI=1S/C14H21O2/c1-3-4-7-13(15)10-9-12-6-5-8-14(11-12)16-2/h5-6,8,11,13,15H,1,3-4,7,9-10H2,2H3. The molecule has 0 spiro atoms. The molecular formula is C14H21O2. The highest BCUT2D eigenvalue weighted by Gasteiger charge is 2.04. The molecule has 1 atom stereocenters. The van der Waals surface area contributed by atoms with E-state index < -0.39 is 0 Å². The van der Waals surface area contributed by atoms with Crippen LogP contribution in [0.15, 0.2) is 24.3 Å². The molecular weight excluding hydrogens is 200 g/mol. The maximum atomic E-state index is 9.71. The van der Waals surface area contributed by atoms with E-state index in [-0.39, 0.29) is 6.10 Å². The zero-order valence-corrected chi connectivity index (χ0v) is 9.98. The summed E-state index contributed by atoms with van der Waals surface area (Å²) in [6.45, 7) is 3.77. The van der Waals surface area contributed by atoms with Gasteiger partial charge in [0.15, 0.2) is 0 Å². The minimum absolute atomic E-state index is 0.201. The molecule has 0 heterocycles. The molecule has 0 bridgehead atoms. The molecule has 0 aliphatic carbocycles. The number of methoxy groups -OCH3 is 1. The number of aliphatic hydroxyl groups excluding tert-OH is 1. The largest absolute Gasteiger partial charge is 0.497 e. The van der Waals surface area contributed by atoms with Crippen LogP contribution >= 0.6 is 0 Å². The zero-order valence-electron chi connectivity index (χ0n) is 9.98. The first-order chi connectivity index (χ1) is 7.76. The third-order valence-corrected chi connectivity index (χ3v) is 2.69. The van der Waals surface area contributed by atoms with Crippen molar-refractivity contribution < 1.29 is 9.84 Å². The number of rotatable bonds is 7. The molecule has 0 saturated carbocycles. The highest BCUT2D eigenvalue weighted by molar-refractivity contribution is 5.28. The van der Waals surface area contributed by atoms with Crippen LogP contribution in [0.25, 0.3) is 0 Å². The van der Waals surface area contributed by atoms with Crippen LogP contribution in [-0.2, 0) is 6.42 Å². The van der Waals surface area contributed by atoms with E-state index in [2.05, 4.69) is 13.0 Å². The van der Waals surface area contributed by atoms with Gasteiger partial charge in [0.25, 0.3) is 0 Å². The van der Waals surface area contributed by atoms with E-state index in [9.17, 15) is 5.11 Å². The van der Waals surface area contributed by atoms with Crippen LogP contribution in [0.3, 0.4) is 0 Å². The zero-order chi connectivity index (χ0) is 11.8. The van der Waals surface area contributed by atoms with E-state index in [1.54, 1.807) is 7.11 Å². The number of ether oxygens (including phenoxy) is 1. The molecule has 0 saturated heterocycles. The van der Waals surface area contributed by atoms with Crippen molar-refractivity contribution in [2.75, 3.05) is 7.11 Å². The second-order valence-electron chi connectivity index (χ2n) is 4.04. The van der Waals surface area contributed by atoms with Gasteiger partial charge in [-0.15, -0.1) is 0 Å². The smallest absolute Gasteiger partial charge is 0.119 e. The number of aliphatic hydroxyl groups is 1. The van der Waals surface area contributed by atoms with Crippen LogP contribution in [0.4, 0.5) is 0 Å². The van der Waals surface area contributed by atoms with Crippen molar-refractivity contribution in [1.29, 1.82) is 0 Å². The van der Waals surface area contributed by atoms with Gasteiger partial charge in [-0.25, -0.2) is 0 Å². The summed E-state index contributed by atoms with van der Waals surface area (Å²) >= 11 is 0. The molecule has 1 unspecified atom stereocenters. The summed E-state index contributed by atoms with van der Waals surface area (Å²) in [7, 11) is 1.67. The van der Waals surface area contributed by atoms with Crippen LogP contribution in [0, 0.1) is 6.92 Å². The average molecular weight is 221 g/mol. The Morgan fingerprint density at radius 1 is 1.38 bits per heavy atom. The van der Waals surface area contributed by atoms with Crippen molar-refractivity contribution in [3.63, 3.8) is 0 Å². The Hall–Kier alpha value is -1.02. The molecule has 0 aliphatic heterocycles. The predicted octanol–water partition coefficient (Wildman–Crippen LogP) is 2.99. The van der Waals surface area contributed by atoms with Gasteiger partial charge in [0.1, 0.15) is 5.75 Å². The van der Waals surface area contributed by atoms with Crippen molar-refractivity contribution in [3.8, 4) is 5.75 Å². The molecule has 0 aliphatic rings. The summed E-state index contributed by atoms with van der Waals surface area (Å²) in [4.78, 5) is 0. The van der Waals surface area contributed by atoms with E-state index in [1.165, 1.54) is 5.56 Å². The van der Waals surface area contributed by atoms with Gasteiger partial charge in [-0.2, -0.15) is 0 Å². The van der Waals surface area contributed by atoms with E-state index >= 15 is 0 Å². The molecule has 2 heteroatoms. The van der Waals surface area contributed by atoms with Gasteiger partial charge in [0, 0.05) is 0 Å². The lowest BCUT2D eigenvalue weighted by Crippen LogP contribution is -2.07. The molecule has 1 aromatic carbocycles. The second kappa shape index (κ2) is 7.29. The van der Waals surface area contributed by atoms with Crippen molar-refractivity contribution in [3.05, 3.63) is 36.8 Å². The van der Waals surface area contributed by atoms with Crippen LogP contribution < -0.4 is 4.74 Å². The fourth-order valence-electron chi connectivity index (χ4n) is 1.69. The van der Waals surface area contributed by atoms with Gasteiger partial charge in [0.05, 0.1) is 13.2 Å². The summed E-state index contributed by atoms with van der Waals surface area (Å²) in [5, 5.41) is 9.71. The fourth-order valence-corrected chi connectivity index (χ4v) is 1.69. The lowest BCUT2D eigenvalue weighted by Gasteiger charge is -2.10. The molecule has 2 nitrogen and oxygen atoms in total. The Bertz CT molecular complexity index is 297. The maximum Gasteiger partial charge on any atom is 0.119 e. The predicted molar refractivity (Wildman–Crippen MR) is 66.5 cm³/mol. The average Bonchev–Trinajstić information content (AvgIpc) is 2.34. The maximum absolute atomic E-state index is 9.71. The quantitative estimate of drug-likeness (QED) is 0.767. The molecule has 16 heavy (non-hydrogen) atoms. The normalized spacial score (nSPS) is 12.4. The highest BCUT2D eigenvalue weighted by Crippen LogP contribution is 2.15. The van der Waals surface area contributed by atoms with Crippen LogP contribution in [0.1, 0.15) is 31.2 Å². The second-order valence-corrected chi connectivity index (χ2v) is 4.04.